The zero-order chi connectivity index (χ0) is 21.0. The van der Waals surface area contributed by atoms with Crippen molar-refractivity contribution >= 4 is 32.4 Å². The fourth-order valence-electron chi connectivity index (χ4n) is 2.69. The molecule has 0 aliphatic rings. The molecule has 1 N–H and O–H groups in total. The fraction of sp³-hybridized carbons (Fsp3) is 0.211. The van der Waals surface area contributed by atoms with Gasteiger partial charge in [-0.3, -0.25) is 10.1 Å². The Bertz CT molecular complexity index is 1110. The van der Waals surface area contributed by atoms with Gasteiger partial charge in [-0.25, -0.2) is 12.8 Å². The molecule has 1 aromatic heterocycles. The molecule has 1 heterocycles. The molecular weight excluding hydrogens is 415 g/mol. The van der Waals surface area contributed by atoms with Gasteiger partial charge in [0, 0.05) is 18.7 Å². The standard InChI is InChI=1S/C19H19FN4O3S2/c1-3-24(4-2)29(26,27)14-10-11-16(20)15(12-14)17(25)21-19-23-22-18(28-19)13-8-6-5-7-9-13/h5-12H,3-4H2,1-2H3,(H,21,23,25). The molecule has 0 radical (unpaired) electrons. The minimum Gasteiger partial charge on any atom is -0.296 e. The molecule has 0 atom stereocenters. The topological polar surface area (TPSA) is 92.3 Å². The Morgan fingerprint density at radius 1 is 1.10 bits per heavy atom. The van der Waals surface area contributed by atoms with E-state index in [1.54, 1.807) is 13.8 Å². The van der Waals surface area contributed by atoms with E-state index in [2.05, 4.69) is 15.5 Å². The molecule has 29 heavy (non-hydrogen) atoms. The van der Waals surface area contributed by atoms with Crippen molar-refractivity contribution in [2.75, 3.05) is 18.4 Å². The zero-order valence-corrected chi connectivity index (χ0v) is 17.4. The number of nitrogens with zero attached hydrogens (tertiary/aromatic N) is 3. The van der Waals surface area contributed by atoms with Crippen LogP contribution < -0.4 is 5.32 Å². The predicted molar refractivity (Wildman–Crippen MR) is 110 cm³/mol. The summed E-state index contributed by atoms with van der Waals surface area (Å²) >= 11 is 1.13. The Morgan fingerprint density at radius 2 is 1.79 bits per heavy atom. The molecule has 0 aliphatic heterocycles. The Morgan fingerprint density at radius 3 is 2.45 bits per heavy atom. The van der Waals surface area contributed by atoms with E-state index in [1.807, 2.05) is 30.3 Å². The van der Waals surface area contributed by atoms with Gasteiger partial charge in [0.1, 0.15) is 10.8 Å². The van der Waals surface area contributed by atoms with Crippen molar-refractivity contribution in [2.45, 2.75) is 18.7 Å². The van der Waals surface area contributed by atoms with Crippen LogP contribution >= 0.6 is 11.3 Å². The average molecular weight is 435 g/mol. The third-order valence-corrected chi connectivity index (χ3v) is 7.13. The summed E-state index contributed by atoms with van der Waals surface area (Å²) in [6, 6.07) is 12.4. The Labute approximate surface area is 172 Å². The third-order valence-electron chi connectivity index (χ3n) is 4.19. The summed E-state index contributed by atoms with van der Waals surface area (Å²) in [6.07, 6.45) is 0. The first-order chi connectivity index (χ1) is 13.9. The molecule has 3 rings (SSSR count). The van der Waals surface area contributed by atoms with Crippen LogP contribution in [0, 0.1) is 5.82 Å². The lowest BCUT2D eigenvalue weighted by Gasteiger charge is -2.18. The van der Waals surface area contributed by atoms with E-state index in [0.29, 0.717) is 5.01 Å². The summed E-state index contributed by atoms with van der Waals surface area (Å²) in [5.41, 5.74) is 0.457. The van der Waals surface area contributed by atoms with Gasteiger partial charge in [0.05, 0.1) is 10.5 Å². The minimum absolute atomic E-state index is 0.144. The summed E-state index contributed by atoms with van der Waals surface area (Å²) in [6.45, 7) is 3.95. The van der Waals surface area contributed by atoms with Gasteiger partial charge >= 0.3 is 0 Å². The number of rotatable bonds is 7. The van der Waals surface area contributed by atoms with Crippen molar-refractivity contribution in [3.63, 3.8) is 0 Å². The maximum absolute atomic E-state index is 14.2. The molecule has 152 valence electrons. The molecule has 0 fully saturated rings. The quantitative estimate of drug-likeness (QED) is 0.613. The number of aromatic nitrogens is 2. The van der Waals surface area contributed by atoms with Gasteiger partial charge in [0.25, 0.3) is 5.91 Å². The Hall–Kier alpha value is -2.69. The highest BCUT2D eigenvalue weighted by molar-refractivity contribution is 7.89. The summed E-state index contributed by atoms with van der Waals surface area (Å²) in [5.74, 6) is -1.62. The molecule has 1 amide bonds. The summed E-state index contributed by atoms with van der Waals surface area (Å²) in [4.78, 5) is 12.4. The smallest absolute Gasteiger partial charge is 0.260 e. The van der Waals surface area contributed by atoms with Crippen molar-refractivity contribution in [1.82, 2.24) is 14.5 Å². The Kier molecular flexibility index (Phi) is 6.36. The minimum atomic E-state index is -3.82. The molecule has 2 aromatic carbocycles. The van der Waals surface area contributed by atoms with Crippen molar-refractivity contribution in [1.29, 1.82) is 0 Å². The van der Waals surface area contributed by atoms with Crippen LogP contribution in [0.4, 0.5) is 9.52 Å². The SMILES string of the molecule is CCN(CC)S(=O)(=O)c1ccc(F)c(C(=O)Nc2nnc(-c3ccccc3)s2)c1. The van der Waals surface area contributed by atoms with Crippen molar-refractivity contribution in [2.24, 2.45) is 0 Å². The second kappa shape index (κ2) is 8.76. The average Bonchev–Trinajstić information content (AvgIpc) is 3.18. The van der Waals surface area contributed by atoms with Crippen LogP contribution in [0.3, 0.4) is 0 Å². The van der Waals surface area contributed by atoms with Gasteiger partial charge in [0.2, 0.25) is 15.2 Å². The third kappa shape index (κ3) is 4.50. The van der Waals surface area contributed by atoms with Crippen molar-refractivity contribution in [3.8, 4) is 10.6 Å². The van der Waals surface area contributed by atoms with Crippen LogP contribution in [-0.4, -0.2) is 41.9 Å². The Balaban J connectivity index is 1.86. The van der Waals surface area contributed by atoms with Crippen LogP contribution in [0.1, 0.15) is 24.2 Å². The molecule has 0 saturated carbocycles. The largest absolute Gasteiger partial charge is 0.296 e. The first-order valence-corrected chi connectivity index (χ1v) is 11.1. The molecule has 10 heteroatoms. The van der Waals surface area contributed by atoms with Crippen LogP contribution in [0.15, 0.2) is 53.4 Å². The molecule has 0 spiro atoms. The van der Waals surface area contributed by atoms with Crippen molar-refractivity contribution in [3.05, 3.63) is 59.9 Å². The highest BCUT2D eigenvalue weighted by atomic mass is 32.2. The lowest BCUT2D eigenvalue weighted by molar-refractivity contribution is 0.102. The number of nitrogens with one attached hydrogen (secondary N) is 1. The molecule has 3 aromatic rings. The van der Waals surface area contributed by atoms with E-state index in [9.17, 15) is 17.6 Å². The number of anilines is 1. The maximum Gasteiger partial charge on any atom is 0.260 e. The molecule has 0 aliphatic carbocycles. The number of hydrogen-bond acceptors (Lipinski definition) is 6. The first-order valence-electron chi connectivity index (χ1n) is 8.86. The predicted octanol–water partition coefficient (Wildman–Crippen LogP) is 3.63. The highest BCUT2D eigenvalue weighted by Crippen LogP contribution is 2.27. The van der Waals surface area contributed by atoms with Crippen LogP contribution in [-0.2, 0) is 10.0 Å². The first kappa shape index (κ1) is 21.0. The van der Waals surface area contributed by atoms with Gasteiger partial charge in [-0.05, 0) is 18.2 Å². The summed E-state index contributed by atoms with van der Waals surface area (Å²) < 4.78 is 40.8. The van der Waals surface area contributed by atoms with Crippen LogP contribution in [0.25, 0.3) is 10.6 Å². The monoisotopic (exact) mass is 434 g/mol. The number of carbonyl (C=O) groups excluding carboxylic acids is 1. The van der Waals surface area contributed by atoms with E-state index < -0.39 is 21.7 Å². The van der Waals surface area contributed by atoms with E-state index >= 15 is 0 Å². The highest BCUT2D eigenvalue weighted by Gasteiger charge is 2.24. The summed E-state index contributed by atoms with van der Waals surface area (Å²) in [5, 5.41) is 11.2. The van der Waals surface area contributed by atoms with Crippen LogP contribution in [0.5, 0.6) is 0 Å². The lowest BCUT2D eigenvalue weighted by Crippen LogP contribution is -2.31. The number of amides is 1. The van der Waals surface area contributed by atoms with E-state index in [0.717, 1.165) is 35.1 Å². The molecular formula is C19H19FN4O3S2. The van der Waals surface area contributed by atoms with Gasteiger partial charge in [-0.15, -0.1) is 10.2 Å². The number of benzene rings is 2. The molecule has 0 saturated heterocycles. The normalized spacial score (nSPS) is 11.6. The maximum atomic E-state index is 14.2. The second-order valence-electron chi connectivity index (χ2n) is 5.96. The van der Waals surface area contributed by atoms with E-state index in [1.165, 1.54) is 4.31 Å². The molecule has 0 unspecified atom stereocenters. The number of hydrogen-bond donors (Lipinski definition) is 1. The number of halogens is 1. The number of carbonyl (C=O) groups is 1. The van der Waals surface area contributed by atoms with Crippen molar-refractivity contribution < 1.29 is 17.6 Å². The number of sulfonamides is 1. The van der Waals surface area contributed by atoms with Gasteiger partial charge in [-0.2, -0.15) is 4.31 Å². The lowest BCUT2D eigenvalue weighted by atomic mass is 10.2. The molecule has 7 nitrogen and oxygen atoms in total. The fourth-order valence-corrected chi connectivity index (χ4v) is 4.92. The van der Waals surface area contributed by atoms with Gasteiger partial charge in [0.15, 0.2) is 0 Å². The van der Waals surface area contributed by atoms with Crippen LogP contribution in [0.2, 0.25) is 0 Å². The molecule has 0 bridgehead atoms. The zero-order valence-electron chi connectivity index (χ0n) is 15.8. The summed E-state index contributed by atoms with van der Waals surface area (Å²) in [7, 11) is -3.82. The van der Waals surface area contributed by atoms with E-state index in [4.69, 9.17) is 0 Å². The van der Waals surface area contributed by atoms with E-state index in [-0.39, 0.29) is 28.7 Å². The second-order valence-corrected chi connectivity index (χ2v) is 8.88. The van der Waals surface area contributed by atoms with Gasteiger partial charge in [-0.1, -0.05) is 55.5 Å². The van der Waals surface area contributed by atoms with Gasteiger partial charge < -0.3 is 0 Å².